The van der Waals surface area contributed by atoms with E-state index in [0.717, 1.165) is 20.7 Å². The largest absolute Gasteiger partial charge is 0.504 e. The molecule has 2 heterocycles. The van der Waals surface area contributed by atoms with Gasteiger partial charge in [-0.3, -0.25) is 9.78 Å². The number of pyridine rings is 1. The molecule has 5 rings (SSSR count). The molecule has 0 aliphatic heterocycles. The Morgan fingerprint density at radius 3 is 2.62 bits per heavy atom. The second-order valence-electron chi connectivity index (χ2n) is 8.43. The molecule has 0 saturated heterocycles. The number of phenols is 1. The van der Waals surface area contributed by atoms with Gasteiger partial charge in [0.15, 0.2) is 28.2 Å². The Bertz CT molecular complexity index is 1670. The molecule has 196 valence electrons. The Morgan fingerprint density at radius 2 is 1.85 bits per heavy atom. The molecule has 7 nitrogen and oxygen atoms in total. The molecule has 0 aliphatic rings. The number of carbonyl (C=O) groups is 1. The maximum atomic E-state index is 15.0. The molecule has 0 aliphatic carbocycles. The average molecular weight is 560 g/mol. The Labute approximate surface area is 232 Å². The molecule has 0 fully saturated rings. The van der Waals surface area contributed by atoms with Crippen molar-refractivity contribution in [2.75, 3.05) is 12.4 Å². The SMILES string of the molecule is COc1cc(-c2cc3nccc(Oc4ccc(NC(=S)NC(=O)Cc5ccccc5)cc4F)c3s2)ccc1O. The van der Waals surface area contributed by atoms with Gasteiger partial charge in [-0.15, -0.1) is 11.3 Å². The lowest BCUT2D eigenvalue weighted by molar-refractivity contribution is -0.119. The van der Waals surface area contributed by atoms with E-state index < -0.39 is 5.82 Å². The molecular formula is C29H22FN3O4S2. The number of fused-ring (bicyclic) bond motifs is 1. The van der Waals surface area contributed by atoms with Gasteiger partial charge >= 0.3 is 0 Å². The zero-order chi connectivity index (χ0) is 27.4. The van der Waals surface area contributed by atoms with Gasteiger partial charge in [-0.2, -0.15) is 0 Å². The van der Waals surface area contributed by atoms with E-state index in [2.05, 4.69) is 15.6 Å². The van der Waals surface area contributed by atoms with E-state index in [1.807, 2.05) is 36.4 Å². The van der Waals surface area contributed by atoms with Gasteiger partial charge in [0.1, 0.15) is 5.75 Å². The molecule has 0 spiro atoms. The zero-order valence-electron chi connectivity index (χ0n) is 20.6. The maximum absolute atomic E-state index is 15.0. The lowest BCUT2D eigenvalue weighted by atomic mass is 10.1. The molecule has 3 aromatic carbocycles. The molecule has 5 aromatic rings. The number of rotatable bonds is 7. The Morgan fingerprint density at radius 1 is 1.03 bits per heavy atom. The number of carbonyl (C=O) groups excluding carboxylic acids is 1. The van der Waals surface area contributed by atoms with Gasteiger partial charge in [0.05, 0.1) is 23.7 Å². The number of aromatic nitrogens is 1. The highest BCUT2D eigenvalue weighted by Gasteiger charge is 2.15. The van der Waals surface area contributed by atoms with Crippen LogP contribution >= 0.6 is 23.6 Å². The fourth-order valence-corrected chi connectivity index (χ4v) is 5.16. The molecule has 39 heavy (non-hydrogen) atoms. The topological polar surface area (TPSA) is 92.7 Å². The summed E-state index contributed by atoms with van der Waals surface area (Å²) in [5, 5.41) is 15.4. The molecule has 0 saturated carbocycles. The van der Waals surface area contributed by atoms with Crippen LogP contribution in [0.5, 0.6) is 23.0 Å². The number of thiocarbonyl (C=S) groups is 1. The number of methoxy groups -OCH3 is 1. The zero-order valence-corrected chi connectivity index (χ0v) is 22.2. The van der Waals surface area contributed by atoms with E-state index in [-0.39, 0.29) is 28.9 Å². The smallest absolute Gasteiger partial charge is 0.230 e. The van der Waals surface area contributed by atoms with Crippen molar-refractivity contribution in [2.24, 2.45) is 0 Å². The summed E-state index contributed by atoms with van der Waals surface area (Å²) >= 11 is 6.63. The highest BCUT2D eigenvalue weighted by atomic mass is 32.1. The van der Waals surface area contributed by atoms with E-state index in [0.29, 0.717) is 22.7 Å². The van der Waals surface area contributed by atoms with Crippen LogP contribution in [0.2, 0.25) is 0 Å². The second kappa shape index (κ2) is 11.5. The highest BCUT2D eigenvalue weighted by Crippen LogP contribution is 2.41. The minimum absolute atomic E-state index is 0.0216. The first-order chi connectivity index (χ1) is 18.9. The second-order valence-corrected chi connectivity index (χ2v) is 9.89. The van der Waals surface area contributed by atoms with Crippen molar-refractivity contribution >= 4 is 50.5 Å². The van der Waals surface area contributed by atoms with E-state index in [1.165, 1.54) is 30.6 Å². The highest BCUT2D eigenvalue weighted by molar-refractivity contribution is 7.80. The Kier molecular flexibility index (Phi) is 7.67. The van der Waals surface area contributed by atoms with Crippen LogP contribution < -0.4 is 20.1 Å². The van der Waals surface area contributed by atoms with Gasteiger partial charge in [0.25, 0.3) is 0 Å². The number of nitrogens with zero attached hydrogens (tertiary/aromatic N) is 1. The number of thiophene rings is 1. The number of halogens is 1. The summed E-state index contributed by atoms with van der Waals surface area (Å²) in [6.45, 7) is 0. The summed E-state index contributed by atoms with van der Waals surface area (Å²) in [6, 6.07) is 22.3. The van der Waals surface area contributed by atoms with Crippen molar-refractivity contribution < 1.29 is 23.8 Å². The van der Waals surface area contributed by atoms with Gasteiger partial charge in [0, 0.05) is 28.9 Å². The van der Waals surface area contributed by atoms with Crippen molar-refractivity contribution in [2.45, 2.75) is 6.42 Å². The molecule has 0 bridgehead atoms. The summed E-state index contributed by atoms with van der Waals surface area (Å²) in [5.74, 6) is -0.00222. The third-order valence-corrected chi connectivity index (χ3v) is 7.10. The van der Waals surface area contributed by atoms with Crippen LogP contribution in [0.4, 0.5) is 10.1 Å². The van der Waals surface area contributed by atoms with Crippen LogP contribution in [0.25, 0.3) is 20.7 Å². The van der Waals surface area contributed by atoms with Crippen LogP contribution in [-0.4, -0.2) is 28.2 Å². The third-order valence-electron chi connectivity index (χ3n) is 5.71. The summed E-state index contributed by atoms with van der Waals surface area (Å²) in [5.41, 5.74) is 2.75. The standard InChI is InChI=1S/C29H22FN3O4S2/c1-36-25-14-18(7-9-22(25)34)26-16-21-28(39-26)24(11-12-31-21)37-23-10-8-19(15-20(23)30)32-29(38)33-27(35)13-17-5-3-2-4-6-17/h2-12,14-16,34H,13H2,1H3,(H2,32,33,35,38). The van der Waals surface area contributed by atoms with E-state index in [1.54, 1.807) is 36.5 Å². The van der Waals surface area contributed by atoms with Crippen molar-refractivity contribution in [3.63, 3.8) is 0 Å². The maximum Gasteiger partial charge on any atom is 0.230 e. The van der Waals surface area contributed by atoms with E-state index in [4.69, 9.17) is 21.7 Å². The first-order valence-electron chi connectivity index (χ1n) is 11.8. The van der Waals surface area contributed by atoms with Crippen LogP contribution in [0, 0.1) is 5.82 Å². The molecule has 3 N–H and O–H groups in total. The van der Waals surface area contributed by atoms with Gasteiger partial charge in [0.2, 0.25) is 5.91 Å². The molecule has 2 aromatic heterocycles. The number of anilines is 1. The number of phenolic OH excluding ortho intramolecular Hbond substituents is 1. The van der Waals surface area contributed by atoms with E-state index >= 15 is 0 Å². The molecule has 1 amide bonds. The number of aromatic hydroxyl groups is 1. The van der Waals surface area contributed by atoms with E-state index in [9.17, 15) is 14.3 Å². The van der Waals surface area contributed by atoms with Crippen molar-refractivity contribution in [1.82, 2.24) is 10.3 Å². The fraction of sp³-hybridized carbons (Fsp3) is 0.0690. The predicted octanol–water partition coefficient (Wildman–Crippen LogP) is 6.66. The lowest BCUT2D eigenvalue weighted by Gasteiger charge is -2.12. The summed E-state index contributed by atoms with van der Waals surface area (Å²) in [6.07, 6.45) is 1.77. The number of amides is 1. The molecule has 0 radical (unpaired) electrons. The number of ether oxygens (including phenoxy) is 2. The third kappa shape index (κ3) is 6.14. The first-order valence-corrected chi connectivity index (χ1v) is 13.0. The molecule has 0 unspecified atom stereocenters. The normalized spacial score (nSPS) is 10.7. The fourth-order valence-electron chi connectivity index (χ4n) is 3.86. The number of hydrogen-bond acceptors (Lipinski definition) is 7. The van der Waals surface area contributed by atoms with Gasteiger partial charge in [-0.25, -0.2) is 4.39 Å². The minimum Gasteiger partial charge on any atom is -0.504 e. The molecule has 10 heteroatoms. The number of benzene rings is 3. The van der Waals surface area contributed by atoms with Crippen molar-refractivity contribution in [1.29, 1.82) is 0 Å². The lowest BCUT2D eigenvalue weighted by Crippen LogP contribution is -2.35. The summed E-state index contributed by atoms with van der Waals surface area (Å²) in [7, 11) is 1.49. The van der Waals surface area contributed by atoms with Crippen LogP contribution in [-0.2, 0) is 11.2 Å². The van der Waals surface area contributed by atoms with Crippen molar-refractivity contribution in [3.05, 3.63) is 96.4 Å². The first kappa shape index (κ1) is 26.1. The Balaban J connectivity index is 1.28. The van der Waals surface area contributed by atoms with Crippen LogP contribution in [0.1, 0.15) is 5.56 Å². The number of hydrogen-bond donors (Lipinski definition) is 3. The van der Waals surface area contributed by atoms with Gasteiger partial charge in [-0.1, -0.05) is 30.3 Å². The molecule has 0 atom stereocenters. The quantitative estimate of drug-likeness (QED) is 0.192. The van der Waals surface area contributed by atoms with Gasteiger partial charge in [-0.05, 0) is 59.7 Å². The minimum atomic E-state index is -0.608. The van der Waals surface area contributed by atoms with Crippen LogP contribution in [0.3, 0.4) is 0 Å². The Hall–Kier alpha value is -4.54. The monoisotopic (exact) mass is 559 g/mol. The molecular weight excluding hydrogens is 537 g/mol. The number of nitrogens with one attached hydrogen (secondary N) is 2. The summed E-state index contributed by atoms with van der Waals surface area (Å²) < 4.78 is 26.9. The van der Waals surface area contributed by atoms with Crippen LogP contribution in [0.15, 0.2) is 85.1 Å². The predicted molar refractivity (Wildman–Crippen MR) is 154 cm³/mol. The average Bonchev–Trinajstić information content (AvgIpc) is 3.36. The van der Waals surface area contributed by atoms with Gasteiger partial charge < -0.3 is 25.2 Å². The van der Waals surface area contributed by atoms with Crippen molar-refractivity contribution in [3.8, 4) is 33.4 Å². The summed E-state index contributed by atoms with van der Waals surface area (Å²) in [4.78, 5) is 17.5.